The zero-order chi connectivity index (χ0) is 15.3. The zero-order valence-corrected chi connectivity index (χ0v) is 12.1. The molecule has 1 atom stereocenters. The van der Waals surface area contributed by atoms with Crippen LogP contribution in [0.4, 0.5) is 5.69 Å². The molecule has 0 radical (unpaired) electrons. The van der Waals surface area contributed by atoms with Crippen molar-refractivity contribution in [3.63, 3.8) is 0 Å². The third kappa shape index (κ3) is 4.06. The van der Waals surface area contributed by atoms with Crippen molar-refractivity contribution in [3.8, 4) is 0 Å². The Balaban J connectivity index is 2.73. The topological polar surface area (TPSA) is 92.4 Å². The van der Waals surface area contributed by atoms with E-state index in [2.05, 4.69) is 5.32 Å². The number of anilines is 1. The zero-order valence-electron chi connectivity index (χ0n) is 12.1. The lowest BCUT2D eigenvalue weighted by Gasteiger charge is -2.20. The minimum atomic E-state index is -0.948. The van der Waals surface area contributed by atoms with Gasteiger partial charge in [0.2, 0.25) is 5.91 Å². The standard InChI is InChI=1S/C15H22N2O3/c1-10(9-16)8-13(18)17-12-6-4-11(5-7-12)15(2,3)14(19)20/h4-7,10H,8-9,16H2,1-3H3,(H,17,18)(H,19,20). The number of aliphatic carboxylic acids is 1. The first kappa shape index (κ1) is 16.2. The van der Waals surface area contributed by atoms with Crippen molar-refractivity contribution >= 4 is 17.6 Å². The molecule has 20 heavy (non-hydrogen) atoms. The summed E-state index contributed by atoms with van der Waals surface area (Å²) in [4.78, 5) is 22.9. The number of carbonyl (C=O) groups excluding carboxylic acids is 1. The summed E-state index contributed by atoms with van der Waals surface area (Å²) >= 11 is 0. The van der Waals surface area contributed by atoms with Crippen LogP contribution in [0.3, 0.4) is 0 Å². The molecule has 0 spiro atoms. The second-order valence-electron chi connectivity index (χ2n) is 5.60. The molecule has 0 saturated heterocycles. The summed E-state index contributed by atoms with van der Waals surface area (Å²) < 4.78 is 0. The molecule has 1 aromatic carbocycles. The first-order valence-corrected chi connectivity index (χ1v) is 6.61. The molecule has 0 aliphatic heterocycles. The number of hydrogen-bond donors (Lipinski definition) is 3. The van der Waals surface area contributed by atoms with Crippen LogP contribution in [-0.2, 0) is 15.0 Å². The molecule has 0 fully saturated rings. The fourth-order valence-corrected chi connectivity index (χ4v) is 1.71. The van der Waals surface area contributed by atoms with Crippen molar-refractivity contribution in [2.45, 2.75) is 32.6 Å². The second-order valence-corrected chi connectivity index (χ2v) is 5.60. The van der Waals surface area contributed by atoms with Crippen LogP contribution in [0, 0.1) is 5.92 Å². The number of amides is 1. The lowest BCUT2D eigenvalue weighted by molar-refractivity contribution is -0.142. The largest absolute Gasteiger partial charge is 0.481 e. The highest BCUT2D eigenvalue weighted by Gasteiger charge is 2.29. The Morgan fingerprint density at radius 3 is 2.30 bits per heavy atom. The number of nitrogens with one attached hydrogen (secondary N) is 1. The van der Waals surface area contributed by atoms with Gasteiger partial charge >= 0.3 is 5.97 Å². The second kappa shape index (κ2) is 6.52. The van der Waals surface area contributed by atoms with Gasteiger partial charge in [-0.1, -0.05) is 19.1 Å². The quantitative estimate of drug-likeness (QED) is 0.741. The molecule has 0 heterocycles. The van der Waals surface area contributed by atoms with E-state index in [1.807, 2.05) is 6.92 Å². The van der Waals surface area contributed by atoms with E-state index in [4.69, 9.17) is 10.8 Å². The SMILES string of the molecule is CC(CN)CC(=O)Nc1ccc(C(C)(C)C(=O)O)cc1. The van der Waals surface area contributed by atoms with Gasteiger partial charge in [-0.3, -0.25) is 9.59 Å². The lowest BCUT2D eigenvalue weighted by Crippen LogP contribution is -2.28. The molecule has 5 heteroatoms. The smallest absolute Gasteiger partial charge is 0.313 e. The van der Waals surface area contributed by atoms with Gasteiger partial charge in [-0.05, 0) is 44.0 Å². The Kier molecular flexibility index (Phi) is 5.27. The summed E-state index contributed by atoms with van der Waals surface area (Å²) in [7, 11) is 0. The van der Waals surface area contributed by atoms with Crippen molar-refractivity contribution in [2.24, 2.45) is 11.7 Å². The average Bonchev–Trinajstić information content (AvgIpc) is 2.38. The Labute approximate surface area is 119 Å². The molecule has 0 aliphatic carbocycles. The van der Waals surface area contributed by atoms with Crippen LogP contribution < -0.4 is 11.1 Å². The molecule has 1 rings (SSSR count). The van der Waals surface area contributed by atoms with Crippen molar-refractivity contribution in [3.05, 3.63) is 29.8 Å². The van der Waals surface area contributed by atoms with Crippen LogP contribution in [0.25, 0.3) is 0 Å². The van der Waals surface area contributed by atoms with Gasteiger partial charge in [0.25, 0.3) is 0 Å². The maximum absolute atomic E-state index is 11.7. The minimum Gasteiger partial charge on any atom is -0.481 e. The highest BCUT2D eigenvalue weighted by atomic mass is 16.4. The third-order valence-corrected chi connectivity index (χ3v) is 3.36. The molecule has 0 aliphatic rings. The van der Waals surface area contributed by atoms with E-state index < -0.39 is 11.4 Å². The number of carbonyl (C=O) groups is 2. The molecule has 1 unspecified atom stereocenters. The molecule has 1 aromatic rings. The van der Waals surface area contributed by atoms with Gasteiger partial charge in [0.15, 0.2) is 0 Å². The molecule has 5 nitrogen and oxygen atoms in total. The Bertz CT molecular complexity index is 480. The first-order chi connectivity index (χ1) is 9.27. The Morgan fingerprint density at radius 2 is 1.85 bits per heavy atom. The van der Waals surface area contributed by atoms with Gasteiger partial charge in [-0.25, -0.2) is 0 Å². The van der Waals surface area contributed by atoms with E-state index in [9.17, 15) is 9.59 Å². The van der Waals surface area contributed by atoms with E-state index in [0.29, 0.717) is 24.2 Å². The molecule has 0 bridgehead atoms. The van der Waals surface area contributed by atoms with Crippen LogP contribution in [-0.4, -0.2) is 23.5 Å². The maximum Gasteiger partial charge on any atom is 0.313 e. The molecule has 0 saturated carbocycles. The predicted molar refractivity (Wildman–Crippen MR) is 78.6 cm³/mol. The van der Waals surface area contributed by atoms with Crippen LogP contribution in [0.5, 0.6) is 0 Å². The minimum absolute atomic E-state index is 0.0896. The fraction of sp³-hybridized carbons (Fsp3) is 0.467. The van der Waals surface area contributed by atoms with E-state index in [1.54, 1.807) is 38.1 Å². The maximum atomic E-state index is 11.7. The van der Waals surface area contributed by atoms with Crippen LogP contribution in [0.15, 0.2) is 24.3 Å². The first-order valence-electron chi connectivity index (χ1n) is 6.61. The summed E-state index contributed by atoms with van der Waals surface area (Å²) in [5.74, 6) is -0.834. The van der Waals surface area contributed by atoms with Crippen LogP contribution >= 0.6 is 0 Å². The molecular weight excluding hydrogens is 256 g/mol. The molecule has 4 N–H and O–H groups in total. The molecule has 1 amide bonds. The van der Waals surface area contributed by atoms with E-state index in [-0.39, 0.29) is 11.8 Å². The third-order valence-electron chi connectivity index (χ3n) is 3.36. The molecule has 110 valence electrons. The summed E-state index contributed by atoms with van der Waals surface area (Å²) in [6.07, 6.45) is 0.374. The normalized spacial score (nSPS) is 12.8. The fourth-order valence-electron chi connectivity index (χ4n) is 1.71. The van der Waals surface area contributed by atoms with Gasteiger partial charge in [0, 0.05) is 12.1 Å². The van der Waals surface area contributed by atoms with E-state index in [0.717, 1.165) is 0 Å². The summed E-state index contributed by atoms with van der Waals surface area (Å²) in [6, 6.07) is 6.86. The van der Waals surface area contributed by atoms with Crippen LogP contribution in [0.2, 0.25) is 0 Å². The van der Waals surface area contributed by atoms with E-state index in [1.165, 1.54) is 0 Å². The number of nitrogens with two attached hydrogens (primary N) is 1. The van der Waals surface area contributed by atoms with Crippen molar-refractivity contribution < 1.29 is 14.7 Å². The highest BCUT2D eigenvalue weighted by Crippen LogP contribution is 2.24. The number of carboxylic acid groups (broad SMARTS) is 1. The summed E-state index contributed by atoms with van der Waals surface area (Å²) in [6.45, 7) is 5.68. The lowest BCUT2D eigenvalue weighted by atomic mass is 9.85. The van der Waals surface area contributed by atoms with Crippen molar-refractivity contribution in [1.82, 2.24) is 0 Å². The number of benzene rings is 1. The van der Waals surface area contributed by atoms with Crippen molar-refractivity contribution in [2.75, 3.05) is 11.9 Å². The summed E-state index contributed by atoms with van der Waals surface area (Å²) in [5, 5.41) is 11.9. The molecular formula is C15H22N2O3. The number of hydrogen-bond acceptors (Lipinski definition) is 3. The molecule has 0 aromatic heterocycles. The Morgan fingerprint density at radius 1 is 1.30 bits per heavy atom. The van der Waals surface area contributed by atoms with E-state index >= 15 is 0 Å². The van der Waals surface area contributed by atoms with Crippen LogP contribution in [0.1, 0.15) is 32.8 Å². The van der Waals surface area contributed by atoms with Gasteiger partial charge in [0.05, 0.1) is 5.41 Å². The summed E-state index contributed by atoms with van der Waals surface area (Å²) in [5.41, 5.74) is 5.88. The monoisotopic (exact) mass is 278 g/mol. The number of rotatable bonds is 6. The Hall–Kier alpha value is -1.88. The van der Waals surface area contributed by atoms with Gasteiger partial charge in [-0.2, -0.15) is 0 Å². The van der Waals surface area contributed by atoms with Gasteiger partial charge in [0.1, 0.15) is 0 Å². The van der Waals surface area contributed by atoms with Gasteiger partial charge < -0.3 is 16.2 Å². The van der Waals surface area contributed by atoms with Crippen molar-refractivity contribution in [1.29, 1.82) is 0 Å². The highest BCUT2D eigenvalue weighted by molar-refractivity contribution is 5.91. The number of carboxylic acids is 1. The average molecular weight is 278 g/mol. The predicted octanol–water partition coefficient (Wildman–Crippen LogP) is 1.97. The van der Waals surface area contributed by atoms with Gasteiger partial charge in [-0.15, -0.1) is 0 Å².